The minimum atomic E-state index is -3.81. The number of hydrogen-bond donors (Lipinski definition) is 2. The van der Waals surface area contributed by atoms with Crippen molar-refractivity contribution >= 4 is 21.4 Å². The predicted molar refractivity (Wildman–Crippen MR) is 89.8 cm³/mol. The minimum absolute atomic E-state index is 0.0751. The van der Waals surface area contributed by atoms with E-state index in [4.69, 9.17) is 19.9 Å². The van der Waals surface area contributed by atoms with Crippen LogP contribution in [-0.2, 0) is 14.8 Å². The molecule has 0 saturated heterocycles. The molecule has 0 aliphatic heterocycles. The molecule has 0 spiro atoms. The topological polar surface area (TPSA) is 113 Å². The molecular weight excluding hydrogens is 334 g/mol. The Morgan fingerprint density at radius 1 is 1.17 bits per heavy atom. The van der Waals surface area contributed by atoms with Gasteiger partial charge in [0, 0.05) is 7.11 Å². The summed E-state index contributed by atoms with van der Waals surface area (Å²) >= 11 is 0. The normalized spacial score (nSPS) is 11.1. The standard InChI is InChI=1S/C15H19N3O5S/c1-21-7-8-23-12-3-5-13(6-4-12)24(19,20)18-14-9-11(16)10-17-15(14)22-2/h3-6,9-10,18H,7-8,16H2,1-2H3. The third kappa shape index (κ3) is 4.49. The van der Waals surface area contributed by atoms with E-state index in [0.717, 1.165) is 0 Å². The molecule has 8 nitrogen and oxygen atoms in total. The highest BCUT2D eigenvalue weighted by molar-refractivity contribution is 7.92. The zero-order valence-electron chi connectivity index (χ0n) is 13.4. The molecule has 24 heavy (non-hydrogen) atoms. The van der Waals surface area contributed by atoms with E-state index in [1.165, 1.54) is 31.5 Å². The molecule has 0 radical (unpaired) electrons. The van der Waals surface area contributed by atoms with Gasteiger partial charge in [0.1, 0.15) is 18.0 Å². The van der Waals surface area contributed by atoms with Crippen molar-refractivity contribution in [2.75, 3.05) is 37.9 Å². The van der Waals surface area contributed by atoms with Crippen LogP contribution < -0.4 is 19.9 Å². The number of methoxy groups -OCH3 is 2. The Balaban J connectivity index is 2.17. The van der Waals surface area contributed by atoms with E-state index in [9.17, 15) is 8.42 Å². The van der Waals surface area contributed by atoms with Crippen LogP contribution in [0.15, 0.2) is 41.4 Å². The Kier molecular flexibility index (Phi) is 5.83. The summed E-state index contributed by atoms with van der Waals surface area (Å²) < 4.78 is 42.6. The van der Waals surface area contributed by atoms with Gasteiger partial charge in [-0.15, -0.1) is 0 Å². The fourth-order valence-electron chi connectivity index (χ4n) is 1.87. The van der Waals surface area contributed by atoms with Crippen LogP contribution in [0.5, 0.6) is 11.6 Å². The third-order valence-corrected chi connectivity index (χ3v) is 4.38. The maximum absolute atomic E-state index is 12.5. The largest absolute Gasteiger partial charge is 0.491 e. The summed E-state index contributed by atoms with van der Waals surface area (Å²) in [6, 6.07) is 7.46. The Morgan fingerprint density at radius 2 is 1.88 bits per heavy atom. The average Bonchev–Trinajstić information content (AvgIpc) is 2.55. The zero-order chi connectivity index (χ0) is 17.6. The van der Waals surface area contributed by atoms with Crippen LogP contribution >= 0.6 is 0 Å². The van der Waals surface area contributed by atoms with E-state index in [0.29, 0.717) is 24.7 Å². The summed E-state index contributed by atoms with van der Waals surface area (Å²) in [4.78, 5) is 4.00. The number of hydrogen-bond acceptors (Lipinski definition) is 7. The highest BCUT2D eigenvalue weighted by Crippen LogP contribution is 2.26. The van der Waals surface area contributed by atoms with Gasteiger partial charge >= 0.3 is 0 Å². The number of benzene rings is 1. The maximum atomic E-state index is 12.5. The summed E-state index contributed by atoms with van der Waals surface area (Å²) in [6.45, 7) is 0.830. The lowest BCUT2D eigenvalue weighted by Gasteiger charge is -2.12. The Morgan fingerprint density at radius 3 is 2.50 bits per heavy atom. The SMILES string of the molecule is COCCOc1ccc(S(=O)(=O)Nc2cc(N)cnc2OC)cc1. The van der Waals surface area contributed by atoms with Crippen molar-refractivity contribution in [3.8, 4) is 11.6 Å². The predicted octanol–water partition coefficient (Wildman–Crippen LogP) is 1.50. The average molecular weight is 353 g/mol. The Labute approximate surface area is 140 Å². The molecule has 3 N–H and O–H groups in total. The van der Waals surface area contributed by atoms with Crippen LogP contribution in [0.4, 0.5) is 11.4 Å². The first kappa shape index (κ1) is 17.8. The molecule has 2 aromatic rings. The molecule has 1 aromatic heterocycles. The van der Waals surface area contributed by atoms with Crippen LogP contribution in [0.1, 0.15) is 0 Å². The molecule has 0 bridgehead atoms. The molecule has 0 saturated carbocycles. The minimum Gasteiger partial charge on any atom is -0.491 e. The van der Waals surface area contributed by atoms with Crippen molar-refractivity contribution in [1.82, 2.24) is 4.98 Å². The van der Waals surface area contributed by atoms with Gasteiger partial charge in [-0.05, 0) is 30.3 Å². The van der Waals surface area contributed by atoms with Crippen molar-refractivity contribution in [3.05, 3.63) is 36.5 Å². The van der Waals surface area contributed by atoms with Gasteiger partial charge in [0.25, 0.3) is 10.0 Å². The quantitative estimate of drug-likeness (QED) is 0.691. The fraction of sp³-hybridized carbons (Fsp3) is 0.267. The molecule has 1 aromatic carbocycles. The van der Waals surface area contributed by atoms with Crippen LogP contribution in [0, 0.1) is 0 Å². The molecule has 0 atom stereocenters. The van der Waals surface area contributed by atoms with Crippen molar-refractivity contribution in [2.24, 2.45) is 0 Å². The summed E-state index contributed by atoms with van der Waals surface area (Å²) in [5.74, 6) is 0.682. The molecule has 0 unspecified atom stereocenters. The number of rotatable bonds is 8. The second kappa shape index (κ2) is 7.84. The van der Waals surface area contributed by atoms with E-state index in [1.54, 1.807) is 19.2 Å². The molecule has 0 aliphatic rings. The summed E-state index contributed by atoms with van der Waals surface area (Å²) in [5.41, 5.74) is 6.12. The molecule has 130 valence electrons. The van der Waals surface area contributed by atoms with Crippen LogP contribution in [0.3, 0.4) is 0 Å². The Hall–Kier alpha value is -2.52. The van der Waals surface area contributed by atoms with E-state index in [-0.39, 0.29) is 16.5 Å². The number of nitrogens with one attached hydrogen (secondary N) is 1. The van der Waals surface area contributed by atoms with Crippen molar-refractivity contribution in [3.63, 3.8) is 0 Å². The second-order valence-corrected chi connectivity index (χ2v) is 6.43. The van der Waals surface area contributed by atoms with E-state index < -0.39 is 10.0 Å². The van der Waals surface area contributed by atoms with Gasteiger partial charge in [-0.25, -0.2) is 13.4 Å². The number of aromatic nitrogens is 1. The highest BCUT2D eigenvalue weighted by Gasteiger charge is 2.17. The molecule has 0 aliphatic carbocycles. The lowest BCUT2D eigenvalue weighted by Crippen LogP contribution is -2.14. The van der Waals surface area contributed by atoms with Crippen molar-refractivity contribution in [2.45, 2.75) is 4.90 Å². The van der Waals surface area contributed by atoms with E-state index in [2.05, 4.69) is 9.71 Å². The molecular formula is C15H19N3O5S. The molecule has 1 heterocycles. The number of nitrogens with zero attached hydrogens (tertiary/aromatic N) is 1. The number of sulfonamides is 1. The number of ether oxygens (including phenoxy) is 3. The lowest BCUT2D eigenvalue weighted by atomic mass is 10.3. The molecule has 9 heteroatoms. The number of pyridine rings is 1. The van der Waals surface area contributed by atoms with E-state index in [1.807, 2.05) is 0 Å². The van der Waals surface area contributed by atoms with Gasteiger partial charge in [-0.2, -0.15) is 0 Å². The van der Waals surface area contributed by atoms with Gasteiger partial charge in [0.2, 0.25) is 5.88 Å². The smallest absolute Gasteiger partial charge is 0.262 e. The third-order valence-electron chi connectivity index (χ3n) is 3.00. The summed E-state index contributed by atoms with van der Waals surface area (Å²) in [5, 5.41) is 0. The first-order chi connectivity index (χ1) is 11.5. The summed E-state index contributed by atoms with van der Waals surface area (Å²) in [6.07, 6.45) is 1.38. The molecule has 2 rings (SSSR count). The van der Waals surface area contributed by atoms with Gasteiger partial charge < -0.3 is 19.9 Å². The van der Waals surface area contributed by atoms with Crippen molar-refractivity contribution < 1.29 is 22.6 Å². The Bertz CT molecular complexity index is 778. The van der Waals surface area contributed by atoms with Crippen molar-refractivity contribution in [1.29, 1.82) is 0 Å². The summed E-state index contributed by atoms with van der Waals surface area (Å²) in [7, 11) is -0.845. The molecule has 0 amide bonds. The first-order valence-electron chi connectivity index (χ1n) is 7.00. The van der Waals surface area contributed by atoms with Crippen LogP contribution in [-0.4, -0.2) is 40.8 Å². The number of nitrogens with two attached hydrogens (primary N) is 1. The lowest BCUT2D eigenvalue weighted by molar-refractivity contribution is 0.146. The van der Waals surface area contributed by atoms with Gasteiger partial charge in [-0.1, -0.05) is 0 Å². The van der Waals surface area contributed by atoms with Gasteiger partial charge in [0.15, 0.2) is 0 Å². The molecule has 0 fully saturated rings. The maximum Gasteiger partial charge on any atom is 0.262 e. The first-order valence-corrected chi connectivity index (χ1v) is 8.48. The monoisotopic (exact) mass is 353 g/mol. The van der Waals surface area contributed by atoms with Crippen LogP contribution in [0.2, 0.25) is 0 Å². The fourth-order valence-corrected chi connectivity index (χ4v) is 2.91. The highest BCUT2D eigenvalue weighted by atomic mass is 32.2. The van der Waals surface area contributed by atoms with Gasteiger partial charge in [0.05, 0.1) is 30.5 Å². The van der Waals surface area contributed by atoms with Crippen LogP contribution in [0.25, 0.3) is 0 Å². The van der Waals surface area contributed by atoms with E-state index >= 15 is 0 Å². The second-order valence-electron chi connectivity index (χ2n) is 4.74. The number of anilines is 2. The van der Waals surface area contributed by atoms with Gasteiger partial charge in [-0.3, -0.25) is 4.72 Å². The zero-order valence-corrected chi connectivity index (χ0v) is 14.2. The number of nitrogen functional groups attached to an aromatic ring is 1.